The van der Waals surface area contributed by atoms with E-state index in [0.29, 0.717) is 38.2 Å². The van der Waals surface area contributed by atoms with Crippen molar-refractivity contribution >= 4 is 17.3 Å². The fourth-order valence-electron chi connectivity index (χ4n) is 4.25. The number of hydrogen-bond acceptors (Lipinski definition) is 6. The number of hydrogen-bond donors (Lipinski definition) is 1. The third kappa shape index (κ3) is 2.92. The molecule has 0 aliphatic carbocycles. The van der Waals surface area contributed by atoms with Crippen molar-refractivity contribution < 1.29 is 4.79 Å². The van der Waals surface area contributed by atoms with Crippen LogP contribution in [-0.4, -0.2) is 40.8 Å². The number of fused-ring (bicyclic) bond motifs is 8. The normalized spacial score (nSPS) is 15.8. The Kier molecular flexibility index (Phi) is 3.95. The lowest BCUT2D eigenvalue weighted by molar-refractivity contribution is -0.121. The monoisotopic (exact) mass is 412 g/mol. The molecule has 0 atom stereocenters. The maximum atomic E-state index is 12.4. The molecular weight excluding hydrogens is 392 g/mol. The highest BCUT2D eigenvalue weighted by molar-refractivity contribution is 6.14. The minimum absolute atomic E-state index is 0.00697. The summed E-state index contributed by atoms with van der Waals surface area (Å²) in [7, 11) is 0. The lowest BCUT2D eigenvalue weighted by Gasteiger charge is -2.08. The van der Waals surface area contributed by atoms with E-state index in [4.69, 9.17) is 15.0 Å². The van der Waals surface area contributed by atoms with E-state index in [-0.39, 0.29) is 5.91 Å². The predicted molar refractivity (Wildman–Crippen MR) is 114 cm³/mol. The van der Waals surface area contributed by atoms with Gasteiger partial charge in [0.25, 0.3) is 0 Å². The smallest absolute Gasteiger partial charge is 0.220 e. The summed E-state index contributed by atoms with van der Waals surface area (Å²) in [6.45, 7) is 3.49. The SMILES string of the molecule is Cc1nn2cc1C1=NCc3ncc(nc31)-c1c(nc3ccccn13)CNC(=O)CCC2. The summed E-state index contributed by atoms with van der Waals surface area (Å²) < 4.78 is 3.88. The van der Waals surface area contributed by atoms with Crippen molar-refractivity contribution in [2.75, 3.05) is 0 Å². The first-order chi connectivity index (χ1) is 15.2. The summed E-state index contributed by atoms with van der Waals surface area (Å²) >= 11 is 0. The van der Waals surface area contributed by atoms with Crippen LogP contribution in [0.1, 0.15) is 41.2 Å². The van der Waals surface area contributed by atoms with Crippen LogP contribution in [0, 0.1) is 6.92 Å². The van der Waals surface area contributed by atoms with E-state index >= 15 is 0 Å². The largest absolute Gasteiger partial charge is 0.350 e. The highest BCUT2D eigenvalue weighted by Crippen LogP contribution is 2.28. The van der Waals surface area contributed by atoms with Crippen molar-refractivity contribution in [3.8, 4) is 11.4 Å². The zero-order chi connectivity index (χ0) is 20.9. The lowest BCUT2D eigenvalue weighted by atomic mass is 10.1. The number of aryl methyl sites for hydroxylation is 2. The number of rotatable bonds is 0. The van der Waals surface area contributed by atoms with Crippen LogP contribution in [0.4, 0.5) is 0 Å². The van der Waals surface area contributed by atoms with Gasteiger partial charge in [-0.1, -0.05) is 6.07 Å². The fraction of sp³-hybridized carbons (Fsp3) is 0.273. The standard InChI is InChI=1S/C22H20N8O/c1-13-14-12-29(28-13)7-4-6-19(31)24-11-16-22(30-8-3-2-5-18(30)26-16)17-10-23-15-9-25-20(14)21(15)27-17/h2-3,5,8,10,12H,4,6-7,9,11H2,1H3,(H,24,31). The van der Waals surface area contributed by atoms with E-state index in [0.717, 1.165) is 45.4 Å². The van der Waals surface area contributed by atoms with Gasteiger partial charge in [0, 0.05) is 30.9 Å². The summed E-state index contributed by atoms with van der Waals surface area (Å²) in [4.78, 5) is 31.6. The zero-order valence-electron chi connectivity index (χ0n) is 17.0. The Morgan fingerprint density at radius 3 is 3.03 bits per heavy atom. The molecule has 1 amide bonds. The molecule has 0 fully saturated rings. The zero-order valence-corrected chi connectivity index (χ0v) is 17.0. The van der Waals surface area contributed by atoms with Crippen LogP contribution < -0.4 is 5.32 Å². The molecule has 0 aromatic carbocycles. The van der Waals surface area contributed by atoms with Crippen LogP contribution >= 0.6 is 0 Å². The molecule has 4 aromatic rings. The Balaban J connectivity index is 1.57. The molecule has 154 valence electrons. The van der Waals surface area contributed by atoms with E-state index < -0.39 is 0 Å². The number of aromatic nitrogens is 6. The van der Waals surface area contributed by atoms with E-state index in [1.54, 1.807) is 6.20 Å². The lowest BCUT2D eigenvalue weighted by Crippen LogP contribution is -2.23. The van der Waals surface area contributed by atoms with Crippen molar-refractivity contribution in [3.63, 3.8) is 0 Å². The van der Waals surface area contributed by atoms with Crippen molar-refractivity contribution in [2.24, 2.45) is 4.99 Å². The predicted octanol–water partition coefficient (Wildman–Crippen LogP) is 2.06. The average molecular weight is 412 g/mol. The van der Waals surface area contributed by atoms with Crippen LogP contribution in [0.5, 0.6) is 0 Å². The quantitative estimate of drug-likeness (QED) is 0.476. The van der Waals surface area contributed by atoms with Gasteiger partial charge >= 0.3 is 0 Å². The third-order valence-corrected chi connectivity index (χ3v) is 5.75. The highest BCUT2D eigenvalue weighted by Gasteiger charge is 2.26. The summed E-state index contributed by atoms with van der Waals surface area (Å²) in [5, 5.41) is 7.62. The van der Waals surface area contributed by atoms with Crippen LogP contribution in [-0.2, 0) is 24.4 Å². The molecule has 6 heterocycles. The van der Waals surface area contributed by atoms with Crippen LogP contribution in [0.15, 0.2) is 41.8 Å². The van der Waals surface area contributed by atoms with E-state index in [1.165, 1.54) is 0 Å². The maximum Gasteiger partial charge on any atom is 0.220 e. The number of pyridine rings is 1. The minimum Gasteiger partial charge on any atom is -0.350 e. The van der Waals surface area contributed by atoms with E-state index in [2.05, 4.69) is 15.4 Å². The van der Waals surface area contributed by atoms with Gasteiger partial charge in [-0.25, -0.2) is 9.97 Å². The Bertz CT molecular complexity index is 1380. The number of amides is 1. The van der Waals surface area contributed by atoms with Gasteiger partial charge in [0.2, 0.25) is 5.91 Å². The van der Waals surface area contributed by atoms with Gasteiger partial charge in [0.15, 0.2) is 0 Å². The molecule has 0 spiro atoms. The molecule has 4 bridgehead atoms. The van der Waals surface area contributed by atoms with Crippen molar-refractivity contribution in [1.29, 1.82) is 0 Å². The summed E-state index contributed by atoms with van der Waals surface area (Å²) in [5.41, 5.74) is 7.44. The van der Waals surface area contributed by atoms with Gasteiger partial charge in [-0.3, -0.25) is 23.9 Å². The fourth-order valence-corrected chi connectivity index (χ4v) is 4.25. The molecule has 2 aliphatic heterocycles. The number of aliphatic imine (C=N–C) groups is 1. The van der Waals surface area contributed by atoms with Crippen molar-refractivity contribution in [1.82, 2.24) is 34.4 Å². The Hall–Kier alpha value is -3.88. The Labute approximate surface area is 177 Å². The van der Waals surface area contributed by atoms with E-state index in [9.17, 15) is 4.79 Å². The Morgan fingerprint density at radius 1 is 1.16 bits per heavy atom. The first-order valence-electron chi connectivity index (χ1n) is 10.4. The third-order valence-electron chi connectivity index (χ3n) is 5.75. The second-order valence-electron chi connectivity index (χ2n) is 7.82. The first kappa shape index (κ1) is 17.9. The number of carbonyl (C=O) groups excluding carboxylic acids is 1. The van der Waals surface area contributed by atoms with Gasteiger partial charge in [0.05, 0.1) is 47.8 Å². The van der Waals surface area contributed by atoms with Gasteiger partial charge in [-0.05, 0) is 25.5 Å². The second-order valence-corrected chi connectivity index (χ2v) is 7.82. The molecule has 0 saturated heterocycles. The first-order valence-corrected chi connectivity index (χ1v) is 10.4. The van der Waals surface area contributed by atoms with Crippen LogP contribution in [0.2, 0.25) is 0 Å². The van der Waals surface area contributed by atoms with Crippen LogP contribution in [0.3, 0.4) is 0 Å². The Morgan fingerprint density at radius 2 is 2.10 bits per heavy atom. The topological polar surface area (TPSA) is 102 Å². The molecule has 1 N–H and O–H groups in total. The minimum atomic E-state index is -0.00697. The van der Waals surface area contributed by atoms with Crippen molar-refractivity contribution in [2.45, 2.75) is 39.4 Å². The molecule has 9 nitrogen and oxygen atoms in total. The van der Waals surface area contributed by atoms with E-state index in [1.807, 2.05) is 46.6 Å². The molecule has 4 aromatic heterocycles. The second kappa shape index (κ2) is 6.83. The summed E-state index contributed by atoms with van der Waals surface area (Å²) in [5.74, 6) is -0.00697. The number of nitrogens with zero attached hydrogens (tertiary/aromatic N) is 7. The number of imidazole rings is 1. The summed E-state index contributed by atoms with van der Waals surface area (Å²) in [6, 6.07) is 5.84. The molecular formula is C22H20N8O. The molecule has 0 unspecified atom stereocenters. The maximum absolute atomic E-state index is 12.4. The van der Waals surface area contributed by atoms with Gasteiger partial charge in [-0.2, -0.15) is 5.10 Å². The molecule has 6 rings (SSSR count). The van der Waals surface area contributed by atoms with Gasteiger partial charge in [-0.15, -0.1) is 0 Å². The number of carbonyl (C=O) groups is 1. The molecule has 0 saturated carbocycles. The average Bonchev–Trinajstić information content (AvgIpc) is 3.45. The number of nitrogens with one attached hydrogen (secondary N) is 1. The molecule has 0 radical (unpaired) electrons. The molecule has 2 aliphatic rings. The molecule has 31 heavy (non-hydrogen) atoms. The molecule has 9 heteroatoms. The highest BCUT2D eigenvalue weighted by atomic mass is 16.1. The van der Waals surface area contributed by atoms with Crippen LogP contribution in [0.25, 0.3) is 17.0 Å². The van der Waals surface area contributed by atoms with Gasteiger partial charge < -0.3 is 5.32 Å². The van der Waals surface area contributed by atoms with Crippen molar-refractivity contribution in [3.05, 3.63) is 65.1 Å². The van der Waals surface area contributed by atoms with Gasteiger partial charge in [0.1, 0.15) is 17.0 Å². The summed E-state index contributed by atoms with van der Waals surface area (Å²) in [6.07, 6.45) is 6.85.